The fourth-order valence-corrected chi connectivity index (χ4v) is 1.32. The Hall–Kier alpha value is -1.62. The summed E-state index contributed by atoms with van der Waals surface area (Å²) in [6.45, 7) is 7.14. The van der Waals surface area contributed by atoms with Crippen LogP contribution in [0.4, 0.5) is 5.82 Å². The van der Waals surface area contributed by atoms with Gasteiger partial charge >= 0.3 is 5.97 Å². The van der Waals surface area contributed by atoms with Crippen LogP contribution in [0.3, 0.4) is 0 Å². The van der Waals surface area contributed by atoms with Gasteiger partial charge in [-0.2, -0.15) is 0 Å². The van der Waals surface area contributed by atoms with Crippen LogP contribution < -0.4 is 5.32 Å². The van der Waals surface area contributed by atoms with Crippen molar-refractivity contribution in [3.8, 4) is 0 Å². The van der Waals surface area contributed by atoms with Gasteiger partial charge in [0.15, 0.2) is 0 Å². The van der Waals surface area contributed by atoms with Crippen LogP contribution in [0.2, 0.25) is 0 Å². The maximum atomic E-state index is 11.5. The van der Waals surface area contributed by atoms with Crippen molar-refractivity contribution in [2.75, 3.05) is 11.9 Å². The highest BCUT2D eigenvalue weighted by Gasteiger charge is 2.15. The lowest BCUT2D eigenvalue weighted by molar-refractivity contribution is -0.152. The average Bonchev–Trinajstić information content (AvgIpc) is 2.24. The molecule has 1 rings (SSSR count). The van der Waals surface area contributed by atoms with Gasteiger partial charge in [0.25, 0.3) is 0 Å². The molecule has 0 aliphatic carbocycles. The maximum absolute atomic E-state index is 11.5. The number of esters is 1. The molecule has 100 valence electrons. The van der Waals surface area contributed by atoms with Gasteiger partial charge in [-0.1, -0.05) is 6.07 Å². The smallest absolute Gasteiger partial charge is 0.325 e. The Balaban J connectivity index is 2.53. The number of pyridine rings is 1. The van der Waals surface area contributed by atoms with Crippen LogP contribution in [-0.2, 0) is 9.53 Å². The van der Waals surface area contributed by atoms with E-state index in [1.807, 2.05) is 20.8 Å². The lowest BCUT2D eigenvalue weighted by Gasteiger charge is -2.19. The van der Waals surface area contributed by atoms with Crippen LogP contribution in [0.15, 0.2) is 18.2 Å². The lowest BCUT2D eigenvalue weighted by Crippen LogP contribution is -2.28. The van der Waals surface area contributed by atoms with Gasteiger partial charge in [0, 0.05) is 0 Å². The van der Waals surface area contributed by atoms with Crippen molar-refractivity contribution in [1.82, 2.24) is 4.98 Å². The summed E-state index contributed by atoms with van der Waals surface area (Å²) in [5, 5.41) is 12.3. The first-order chi connectivity index (χ1) is 8.28. The number of aliphatic hydroxyl groups excluding tert-OH is 1. The normalized spacial score (nSPS) is 12.9. The van der Waals surface area contributed by atoms with Crippen LogP contribution in [0.5, 0.6) is 0 Å². The molecule has 0 spiro atoms. The molecule has 2 N–H and O–H groups in total. The minimum atomic E-state index is -0.631. The van der Waals surface area contributed by atoms with Gasteiger partial charge in [-0.25, -0.2) is 4.98 Å². The number of carbonyl (C=O) groups is 1. The summed E-state index contributed by atoms with van der Waals surface area (Å²) in [6, 6.07) is 5.23. The number of rotatable bonds is 4. The highest BCUT2D eigenvalue weighted by molar-refractivity contribution is 5.74. The maximum Gasteiger partial charge on any atom is 0.325 e. The molecule has 0 radical (unpaired) electrons. The van der Waals surface area contributed by atoms with E-state index in [2.05, 4.69) is 10.3 Å². The van der Waals surface area contributed by atoms with Gasteiger partial charge < -0.3 is 15.2 Å². The third kappa shape index (κ3) is 5.14. The second-order valence-electron chi connectivity index (χ2n) is 5.06. The minimum Gasteiger partial charge on any atom is -0.459 e. The molecule has 1 aromatic heterocycles. The Morgan fingerprint density at radius 3 is 2.72 bits per heavy atom. The zero-order valence-corrected chi connectivity index (χ0v) is 11.2. The van der Waals surface area contributed by atoms with E-state index in [0.29, 0.717) is 11.5 Å². The fourth-order valence-electron chi connectivity index (χ4n) is 1.32. The SMILES string of the molecule is CC(O)c1cccc(NCC(=O)OC(C)(C)C)n1. The fraction of sp³-hybridized carbons (Fsp3) is 0.538. The first kappa shape index (κ1) is 14.4. The number of ether oxygens (including phenoxy) is 1. The van der Waals surface area contributed by atoms with Gasteiger partial charge in [0.05, 0.1) is 11.8 Å². The summed E-state index contributed by atoms with van der Waals surface area (Å²) in [7, 11) is 0. The van der Waals surface area contributed by atoms with Crippen molar-refractivity contribution < 1.29 is 14.6 Å². The van der Waals surface area contributed by atoms with Crippen LogP contribution >= 0.6 is 0 Å². The van der Waals surface area contributed by atoms with Crippen molar-refractivity contribution >= 4 is 11.8 Å². The van der Waals surface area contributed by atoms with E-state index in [0.717, 1.165) is 0 Å². The minimum absolute atomic E-state index is 0.0491. The summed E-state index contributed by atoms with van der Waals surface area (Å²) in [4.78, 5) is 15.7. The van der Waals surface area contributed by atoms with Gasteiger partial charge in [-0.05, 0) is 39.8 Å². The molecule has 5 nitrogen and oxygen atoms in total. The molecule has 18 heavy (non-hydrogen) atoms. The number of carbonyl (C=O) groups excluding carboxylic acids is 1. The average molecular weight is 252 g/mol. The molecular formula is C13H20N2O3. The zero-order chi connectivity index (χ0) is 13.8. The van der Waals surface area contributed by atoms with E-state index in [9.17, 15) is 9.90 Å². The molecule has 0 amide bonds. The predicted molar refractivity (Wildman–Crippen MR) is 69.2 cm³/mol. The van der Waals surface area contributed by atoms with Crippen LogP contribution in [0.25, 0.3) is 0 Å². The Morgan fingerprint density at radius 1 is 1.50 bits per heavy atom. The van der Waals surface area contributed by atoms with Crippen LogP contribution in [-0.4, -0.2) is 28.2 Å². The van der Waals surface area contributed by atoms with Gasteiger partial charge in [-0.15, -0.1) is 0 Å². The molecule has 1 unspecified atom stereocenters. The Kier molecular flexibility index (Phi) is 4.67. The molecule has 0 bridgehead atoms. The van der Waals surface area contributed by atoms with Crippen molar-refractivity contribution in [3.05, 3.63) is 23.9 Å². The molecular weight excluding hydrogens is 232 g/mol. The molecule has 1 atom stereocenters. The van der Waals surface area contributed by atoms with Gasteiger partial charge in [-0.3, -0.25) is 4.79 Å². The zero-order valence-electron chi connectivity index (χ0n) is 11.2. The first-order valence-corrected chi connectivity index (χ1v) is 5.88. The molecule has 0 aliphatic heterocycles. The molecule has 0 saturated carbocycles. The molecule has 0 aliphatic rings. The van der Waals surface area contributed by atoms with Crippen molar-refractivity contribution in [3.63, 3.8) is 0 Å². The van der Waals surface area contributed by atoms with Crippen molar-refractivity contribution in [1.29, 1.82) is 0 Å². The van der Waals surface area contributed by atoms with Crippen molar-refractivity contribution in [2.45, 2.75) is 39.4 Å². The first-order valence-electron chi connectivity index (χ1n) is 5.88. The van der Waals surface area contributed by atoms with E-state index in [1.54, 1.807) is 25.1 Å². The largest absolute Gasteiger partial charge is 0.459 e. The number of aromatic nitrogens is 1. The molecule has 0 aromatic carbocycles. The Morgan fingerprint density at radius 2 is 2.17 bits per heavy atom. The standard InChI is InChI=1S/C13H20N2O3/c1-9(16)10-6-5-7-11(15-10)14-8-12(17)18-13(2,3)4/h5-7,9,16H,8H2,1-4H3,(H,14,15). The third-order valence-electron chi connectivity index (χ3n) is 2.03. The van der Waals surface area contributed by atoms with E-state index in [-0.39, 0.29) is 12.5 Å². The summed E-state index contributed by atoms with van der Waals surface area (Å²) < 4.78 is 5.16. The number of aliphatic hydroxyl groups is 1. The molecule has 1 aromatic rings. The summed E-state index contributed by atoms with van der Waals surface area (Å²) >= 11 is 0. The highest BCUT2D eigenvalue weighted by Crippen LogP contribution is 2.12. The van der Waals surface area contributed by atoms with E-state index >= 15 is 0 Å². The predicted octanol–water partition coefficient (Wildman–Crippen LogP) is 1.89. The second-order valence-corrected chi connectivity index (χ2v) is 5.06. The summed E-state index contributed by atoms with van der Waals surface area (Å²) in [5.41, 5.74) is 0.0670. The number of anilines is 1. The van der Waals surface area contributed by atoms with Gasteiger partial charge in [0.1, 0.15) is 18.0 Å². The Bertz CT molecular complexity index is 411. The van der Waals surface area contributed by atoms with E-state index in [4.69, 9.17) is 4.74 Å². The molecule has 0 fully saturated rings. The molecule has 1 heterocycles. The summed E-state index contributed by atoms with van der Waals surface area (Å²) in [6.07, 6.45) is -0.631. The monoisotopic (exact) mass is 252 g/mol. The summed E-state index contributed by atoms with van der Waals surface area (Å²) in [5.74, 6) is 0.200. The Labute approximate surface area is 107 Å². The molecule has 5 heteroatoms. The van der Waals surface area contributed by atoms with Gasteiger partial charge in [0.2, 0.25) is 0 Å². The highest BCUT2D eigenvalue weighted by atomic mass is 16.6. The molecule has 0 saturated heterocycles. The topological polar surface area (TPSA) is 71.5 Å². The number of hydrogen-bond acceptors (Lipinski definition) is 5. The number of hydrogen-bond donors (Lipinski definition) is 2. The van der Waals surface area contributed by atoms with E-state index < -0.39 is 11.7 Å². The second kappa shape index (κ2) is 5.82. The van der Waals surface area contributed by atoms with Crippen LogP contribution in [0, 0.1) is 0 Å². The van der Waals surface area contributed by atoms with E-state index in [1.165, 1.54) is 0 Å². The van der Waals surface area contributed by atoms with Crippen molar-refractivity contribution in [2.24, 2.45) is 0 Å². The quantitative estimate of drug-likeness (QED) is 0.801. The number of nitrogens with zero attached hydrogens (tertiary/aromatic N) is 1. The van der Waals surface area contributed by atoms with Crippen LogP contribution in [0.1, 0.15) is 39.5 Å². The number of nitrogens with one attached hydrogen (secondary N) is 1. The lowest BCUT2D eigenvalue weighted by atomic mass is 10.2. The third-order valence-corrected chi connectivity index (χ3v) is 2.03.